The van der Waals surface area contributed by atoms with E-state index in [1.54, 1.807) is 0 Å². The van der Waals surface area contributed by atoms with Crippen LogP contribution >= 0.6 is 0 Å². The smallest absolute Gasteiger partial charge is 0.328 e. The Balaban J connectivity index is 2.66. The lowest BCUT2D eigenvalue weighted by molar-refractivity contribution is -0.230. The summed E-state index contributed by atoms with van der Waals surface area (Å²) < 4.78 is 9.81. The number of esters is 1. The lowest BCUT2D eigenvalue weighted by Gasteiger charge is -2.40. The Morgan fingerprint density at radius 1 is 1.23 bits per heavy atom. The van der Waals surface area contributed by atoms with Gasteiger partial charge in [0.25, 0.3) is 0 Å². The molecule has 0 aromatic carbocycles. The van der Waals surface area contributed by atoms with Gasteiger partial charge in [-0.25, -0.2) is 4.79 Å². The minimum absolute atomic E-state index is 0.0261. The van der Waals surface area contributed by atoms with Gasteiger partial charge in [0, 0.05) is 0 Å². The molecule has 6 atom stereocenters. The zero-order valence-corrected chi connectivity index (χ0v) is 12.1. The van der Waals surface area contributed by atoms with E-state index < -0.39 is 54.9 Å². The lowest BCUT2D eigenvalue weighted by atomic mass is 9.91. The van der Waals surface area contributed by atoms with E-state index in [4.69, 9.17) is 17.7 Å². The number of aliphatic hydroxyl groups excluding tert-OH is 4. The van der Waals surface area contributed by atoms with E-state index >= 15 is 0 Å². The Kier molecular flexibility index (Phi) is 7.23. The molecule has 10 heteroatoms. The molecule has 1 amide bonds. The maximum atomic E-state index is 11.5. The van der Waals surface area contributed by atoms with Crippen LogP contribution in [-0.4, -0.2) is 90.3 Å². The number of hydrogen-bond acceptors (Lipinski definition) is 8. The minimum Gasteiger partial charge on any atom is -0.467 e. The number of carbonyl (C=O) groups is 2. The van der Waals surface area contributed by atoms with Gasteiger partial charge >= 0.3 is 5.97 Å². The zero-order valence-electron chi connectivity index (χ0n) is 12.1. The summed E-state index contributed by atoms with van der Waals surface area (Å²) in [7, 11) is 6.11. The van der Waals surface area contributed by atoms with Gasteiger partial charge in [-0.05, 0) is 12.8 Å². The van der Waals surface area contributed by atoms with Crippen molar-refractivity contribution in [1.29, 1.82) is 0 Å². The van der Waals surface area contributed by atoms with Crippen molar-refractivity contribution in [2.45, 2.75) is 49.4 Å². The molecule has 1 aliphatic rings. The highest BCUT2D eigenvalue weighted by Crippen LogP contribution is 2.24. The molecule has 0 saturated carbocycles. The molecule has 1 fully saturated rings. The lowest BCUT2D eigenvalue weighted by Crippen LogP contribution is -2.58. The molecule has 0 unspecified atom stereocenters. The fourth-order valence-electron chi connectivity index (χ4n) is 2.31. The van der Waals surface area contributed by atoms with E-state index in [2.05, 4.69) is 10.1 Å². The van der Waals surface area contributed by atoms with E-state index in [0.717, 1.165) is 7.11 Å². The predicted molar refractivity (Wildman–Crippen MR) is 73.1 cm³/mol. The summed E-state index contributed by atoms with van der Waals surface area (Å²) in [6.07, 6.45) is -6.21. The van der Waals surface area contributed by atoms with E-state index in [1.807, 2.05) is 0 Å². The second-order valence-corrected chi connectivity index (χ2v) is 5.03. The molecular weight excluding hydrogens is 297 g/mol. The molecular formula is C12H20BNO8. The molecule has 1 heterocycles. The fraction of sp³-hybridized carbons (Fsp3) is 0.833. The van der Waals surface area contributed by atoms with Crippen molar-refractivity contribution in [3.05, 3.63) is 0 Å². The molecule has 1 aliphatic heterocycles. The Morgan fingerprint density at radius 3 is 2.32 bits per heavy atom. The SMILES string of the molecule is [B]C(=O)N[C@H](CC[C@@H]1O[C@H](CO)[C@H](O)[C@H](O)[C@H]1O)C(=O)OC. The highest BCUT2D eigenvalue weighted by molar-refractivity contribution is 6.57. The monoisotopic (exact) mass is 317 g/mol. The van der Waals surface area contributed by atoms with Crippen LogP contribution in [0.15, 0.2) is 0 Å². The third kappa shape index (κ3) is 4.65. The summed E-state index contributed by atoms with van der Waals surface area (Å²) in [5.74, 6) is -1.63. The summed E-state index contributed by atoms with van der Waals surface area (Å²) in [4.78, 5) is 22.4. The van der Waals surface area contributed by atoms with Crippen LogP contribution in [0.3, 0.4) is 0 Å². The first kappa shape index (κ1) is 18.9. The van der Waals surface area contributed by atoms with Crippen LogP contribution in [0.5, 0.6) is 0 Å². The highest BCUT2D eigenvalue weighted by Gasteiger charge is 2.43. The van der Waals surface area contributed by atoms with Gasteiger partial charge in [0.1, 0.15) is 30.5 Å². The number of hydrogen-bond donors (Lipinski definition) is 5. The normalized spacial score (nSPS) is 33.0. The zero-order chi connectivity index (χ0) is 16.9. The molecule has 0 aromatic heterocycles. The fourth-order valence-corrected chi connectivity index (χ4v) is 2.31. The van der Waals surface area contributed by atoms with Gasteiger partial charge in [0.15, 0.2) is 5.81 Å². The van der Waals surface area contributed by atoms with Crippen molar-refractivity contribution in [1.82, 2.24) is 5.32 Å². The van der Waals surface area contributed by atoms with Crippen LogP contribution in [0.4, 0.5) is 4.79 Å². The van der Waals surface area contributed by atoms with Gasteiger partial charge in [-0.3, -0.25) is 4.79 Å². The van der Waals surface area contributed by atoms with Gasteiger partial charge in [-0.1, -0.05) is 0 Å². The molecule has 2 radical (unpaired) electrons. The number of aliphatic hydroxyl groups is 4. The largest absolute Gasteiger partial charge is 0.467 e. The molecule has 22 heavy (non-hydrogen) atoms. The van der Waals surface area contributed by atoms with E-state index in [0.29, 0.717) is 0 Å². The first-order valence-corrected chi connectivity index (χ1v) is 6.76. The summed E-state index contributed by atoms with van der Waals surface area (Å²) in [6.45, 7) is -0.540. The van der Waals surface area contributed by atoms with E-state index in [9.17, 15) is 24.9 Å². The number of nitrogens with one attached hydrogen (secondary N) is 1. The maximum Gasteiger partial charge on any atom is 0.328 e. The number of methoxy groups -OCH3 is 1. The highest BCUT2D eigenvalue weighted by atomic mass is 16.5. The van der Waals surface area contributed by atoms with Crippen LogP contribution in [0.25, 0.3) is 0 Å². The third-order valence-corrected chi connectivity index (χ3v) is 3.53. The second kappa shape index (κ2) is 8.44. The number of amides is 1. The predicted octanol–water partition coefficient (Wildman–Crippen LogP) is -2.97. The van der Waals surface area contributed by atoms with Gasteiger partial charge < -0.3 is 35.2 Å². The Labute approximate surface area is 128 Å². The molecule has 0 aliphatic carbocycles. The van der Waals surface area contributed by atoms with Crippen molar-refractivity contribution >= 4 is 19.6 Å². The average molecular weight is 317 g/mol. The van der Waals surface area contributed by atoms with Crippen LogP contribution in [0.1, 0.15) is 12.8 Å². The van der Waals surface area contributed by atoms with Gasteiger partial charge in [0.2, 0.25) is 7.85 Å². The summed E-state index contributed by atoms with van der Waals surface area (Å²) >= 11 is 0. The number of carbonyl (C=O) groups excluding carboxylic acids is 2. The maximum absolute atomic E-state index is 11.5. The Morgan fingerprint density at radius 2 is 1.82 bits per heavy atom. The van der Waals surface area contributed by atoms with E-state index in [1.165, 1.54) is 0 Å². The molecule has 0 aromatic rings. The quantitative estimate of drug-likeness (QED) is 0.258. The Bertz CT molecular complexity index is 393. The van der Waals surface area contributed by atoms with E-state index in [-0.39, 0.29) is 12.8 Å². The second-order valence-electron chi connectivity index (χ2n) is 5.03. The van der Waals surface area contributed by atoms with Crippen LogP contribution in [0.2, 0.25) is 0 Å². The minimum atomic E-state index is -1.49. The Hall–Kier alpha value is -1.20. The molecule has 0 bridgehead atoms. The van der Waals surface area contributed by atoms with Crippen LogP contribution < -0.4 is 5.32 Å². The third-order valence-electron chi connectivity index (χ3n) is 3.53. The summed E-state index contributed by atoms with van der Waals surface area (Å²) in [5.41, 5.74) is 0. The molecule has 0 spiro atoms. The van der Waals surface area contributed by atoms with Crippen molar-refractivity contribution in [3.63, 3.8) is 0 Å². The van der Waals surface area contributed by atoms with Gasteiger partial charge in [-0.15, -0.1) is 0 Å². The van der Waals surface area contributed by atoms with Crippen LogP contribution in [0, 0.1) is 0 Å². The molecule has 5 N–H and O–H groups in total. The first-order valence-electron chi connectivity index (χ1n) is 6.76. The number of ether oxygens (including phenoxy) is 2. The standard InChI is InChI=1S/C12H20BNO8/c1-21-11(19)5(14-12(13)20)2-3-6-8(16)10(18)9(17)7(4-15)22-6/h5-10,15-18H,2-4H2,1H3,(H,14,20)/t5-,6+,7-,8+,9+,10-/m1/s1. The summed E-state index contributed by atoms with van der Waals surface area (Å²) in [6, 6.07) is -1.03. The van der Waals surface area contributed by atoms with Crippen molar-refractivity contribution in [3.8, 4) is 0 Å². The molecule has 1 rings (SSSR count). The number of rotatable bonds is 6. The molecule has 1 saturated heterocycles. The topological polar surface area (TPSA) is 146 Å². The van der Waals surface area contributed by atoms with Crippen molar-refractivity contribution in [2.75, 3.05) is 13.7 Å². The molecule has 124 valence electrons. The average Bonchev–Trinajstić information content (AvgIpc) is 2.49. The van der Waals surface area contributed by atoms with Gasteiger partial charge in [-0.2, -0.15) is 0 Å². The molecule has 9 nitrogen and oxygen atoms in total. The summed E-state index contributed by atoms with van der Waals surface area (Å²) in [5, 5.41) is 40.5. The first-order chi connectivity index (χ1) is 10.3. The van der Waals surface area contributed by atoms with Crippen molar-refractivity contribution < 1.29 is 39.5 Å². The van der Waals surface area contributed by atoms with Crippen LogP contribution in [-0.2, 0) is 14.3 Å². The van der Waals surface area contributed by atoms with Crippen molar-refractivity contribution in [2.24, 2.45) is 0 Å². The van der Waals surface area contributed by atoms with Gasteiger partial charge in [0.05, 0.1) is 19.8 Å².